The Morgan fingerprint density at radius 1 is 1.17 bits per heavy atom. The van der Waals surface area contributed by atoms with Gasteiger partial charge in [0.1, 0.15) is 0 Å². The lowest BCUT2D eigenvalue weighted by Crippen LogP contribution is -2.42. The van der Waals surface area contributed by atoms with E-state index in [1.54, 1.807) is 12.4 Å². The molecule has 126 valence electrons. The third kappa shape index (κ3) is 4.97. The summed E-state index contributed by atoms with van der Waals surface area (Å²) in [5.74, 6) is 0. The molecule has 1 atom stereocenters. The maximum Gasteiger partial charge on any atom is 0.169 e. The van der Waals surface area contributed by atoms with Crippen LogP contribution in [0.25, 0.3) is 0 Å². The summed E-state index contributed by atoms with van der Waals surface area (Å²) < 4.78 is 5.66. The Morgan fingerprint density at radius 3 is 2.33 bits per heavy atom. The van der Waals surface area contributed by atoms with Crippen molar-refractivity contribution in [3.63, 3.8) is 0 Å². The second-order valence-electron chi connectivity index (χ2n) is 5.90. The molecule has 0 radical (unpaired) electrons. The van der Waals surface area contributed by atoms with Crippen LogP contribution in [0.15, 0.2) is 49.1 Å². The molecule has 5 nitrogen and oxygen atoms in total. The van der Waals surface area contributed by atoms with Gasteiger partial charge in [0, 0.05) is 51.0 Å². The van der Waals surface area contributed by atoms with Gasteiger partial charge >= 0.3 is 0 Å². The number of hydrogen-bond acceptors (Lipinski definition) is 4. The number of thiocarbonyl (C=S) groups is 1. The minimum absolute atomic E-state index is 0.265. The van der Waals surface area contributed by atoms with Crippen molar-refractivity contribution in [2.75, 3.05) is 13.2 Å². The summed E-state index contributed by atoms with van der Waals surface area (Å²) in [5, 5.41) is 4.09. The van der Waals surface area contributed by atoms with Gasteiger partial charge in [-0.05, 0) is 48.3 Å². The summed E-state index contributed by atoms with van der Waals surface area (Å²) in [4.78, 5) is 10.5. The van der Waals surface area contributed by atoms with Gasteiger partial charge in [0.2, 0.25) is 0 Å². The molecule has 0 saturated carbocycles. The Bertz CT molecular complexity index is 590. The van der Waals surface area contributed by atoms with Gasteiger partial charge in [-0.1, -0.05) is 12.1 Å². The van der Waals surface area contributed by atoms with Crippen molar-refractivity contribution in [3.05, 3.63) is 60.2 Å². The number of pyridine rings is 2. The number of nitrogens with zero attached hydrogens (tertiary/aromatic N) is 3. The van der Waals surface area contributed by atoms with Crippen LogP contribution in [-0.4, -0.2) is 39.2 Å². The highest BCUT2D eigenvalue weighted by Gasteiger charge is 2.17. The van der Waals surface area contributed by atoms with Gasteiger partial charge < -0.3 is 15.0 Å². The fraction of sp³-hybridized carbons (Fsp3) is 0.389. The molecule has 1 N–H and O–H groups in total. The maximum absolute atomic E-state index is 5.66. The zero-order valence-corrected chi connectivity index (χ0v) is 14.4. The molecule has 2 aromatic heterocycles. The number of nitrogens with one attached hydrogen (secondary N) is 1. The zero-order chi connectivity index (χ0) is 16.6. The van der Waals surface area contributed by atoms with Crippen LogP contribution in [0.2, 0.25) is 0 Å². The highest BCUT2D eigenvalue weighted by molar-refractivity contribution is 7.80. The SMILES string of the molecule is S=C(NCC1CCCO1)N(Cc1cccnc1)Cc1cccnc1. The Labute approximate surface area is 148 Å². The quantitative estimate of drug-likeness (QED) is 0.814. The van der Waals surface area contributed by atoms with E-state index in [1.165, 1.54) is 0 Å². The third-order valence-electron chi connectivity index (χ3n) is 3.98. The number of ether oxygens (including phenoxy) is 1. The summed E-state index contributed by atoms with van der Waals surface area (Å²) in [7, 11) is 0. The van der Waals surface area contributed by atoms with Gasteiger partial charge in [-0.25, -0.2) is 0 Å². The first-order chi connectivity index (χ1) is 11.8. The summed E-state index contributed by atoms with van der Waals surface area (Å²) in [6.07, 6.45) is 9.81. The highest BCUT2D eigenvalue weighted by Crippen LogP contribution is 2.12. The Balaban J connectivity index is 1.64. The first kappa shape index (κ1) is 16.8. The van der Waals surface area contributed by atoms with Gasteiger partial charge in [-0.15, -0.1) is 0 Å². The largest absolute Gasteiger partial charge is 0.376 e. The average molecular weight is 342 g/mol. The molecular formula is C18H22N4OS. The molecule has 3 rings (SSSR count). The summed E-state index contributed by atoms with van der Waals surface area (Å²) >= 11 is 5.63. The van der Waals surface area contributed by atoms with Crippen LogP contribution in [0.4, 0.5) is 0 Å². The number of hydrogen-bond donors (Lipinski definition) is 1. The van der Waals surface area contributed by atoms with E-state index < -0.39 is 0 Å². The summed E-state index contributed by atoms with van der Waals surface area (Å²) in [5.41, 5.74) is 2.25. The average Bonchev–Trinajstić information content (AvgIpc) is 3.14. The lowest BCUT2D eigenvalue weighted by Gasteiger charge is -2.26. The fourth-order valence-corrected chi connectivity index (χ4v) is 2.95. The normalized spacial score (nSPS) is 16.8. The minimum atomic E-state index is 0.265. The van der Waals surface area contributed by atoms with Crippen LogP contribution in [0.1, 0.15) is 24.0 Å². The minimum Gasteiger partial charge on any atom is -0.376 e. The monoisotopic (exact) mass is 342 g/mol. The zero-order valence-electron chi connectivity index (χ0n) is 13.6. The van der Waals surface area contributed by atoms with Crippen LogP contribution in [0.3, 0.4) is 0 Å². The lowest BCUT2D eigenvalue weighted by atomic mass is 10.2. The fourth-order valence-electron chi connectivity index (χ4n) is 2.74. The van der Waals surface area contributed by atoms with Crippen molar-refractivity contribution < 1.29 is 4.74 Å². The molecule has 1 unspecified atom stereocenters. The molecule has 0 spiro atoms. The summed E-state index contributed by atoms with van der Waals surface area (Å²) in [6, 6.07) is 8.01. The van der Waals surface area contributed by atoms with E-state index >= 15 is 0 Å². The predicted octanol–water partition coefficient (Wildman–Crippen LogP) is 2.53. The van der Waals surface area contributed by atoms with Crippen molar-refractivity contribution in [1.82, 2.24) is 20.2 Å². The van der Waals surface area contributed by atoms with Crippen molar-refractivity contribution in [3.8, 4) is 0 Å². The van der Waals surface area contributed by atoms with Gasteiger partial charge in [-0.3, -0.25) is 9.97 Å². The highest BCUT2D eigenvalue weighted by atomic mass is 32.1. The Morgan fingerprint density at radius 2 is 1.83 bits per heavy atom. The molecule has 0 bridgehead atoms. The van der Waals surface area contributed by atoms with E-state index in [4.69, 9.17) is 17.0 Å². The lowest BCUT2D eigenvalue weighted by molar-refractivity contribution is 0.113. The second kappa shape index (κ2) is 8.70. The van der Waals surface area contributed by atoms with E-state index in [2.05, 4.69) is 32.3 Å². The topological polar surface area (TPSA) is 50.3 Å². The van der Waals surface area contributed by atoms with Crippen LogP contribution in [0.5, 0.6) is 0 Å². The molecule has 0 amide bonds. The van der Waals surface area contributed by atoms with Crippen molar-refractivity contribution >= 4 is 17.3 Å². The Kier molecular flexibility index (Phi) is 6.09. The molecular weight excluding hydrogens is 320 g/mol. The number of aromatic nitrogens is 2. The van der Waals surface area contributed by atoms with Crippen molar-refractivity contribution in [1.29, 1.82) is 0 Å². The van der Waals surface area contributed by atoms with Crippen LogP contribution >= 0.6 is 12.2 Å². The van der Waals surface area contributed by atoms with E-state index in [1.807, 2.05) is 24.5 Å². The van der Waals surface area contributed by atoms with Gasteiger partial charge in [0.05, 0.1) is 6.10 Å². The molecule has 1 fully saturated rings. The standard InChI is InChI=1S/C18H22N4OS/c24-18(21-12-17-6-3-9-23-17)22(13-15-4-1-7-19-10-15)14-16-5-2-8-20-11-16/h1-2,4-5,7-8,10-11,17H,3,6,9,12-14H2,(H,21,24). The molecule has 2 aromatic rings. The predicted molar refractivity (Wildman–Crippen MR) is 97.3 cm³/mol. The van der Waals surface area contributed by atoms with E-state index in [0.29, 0.717) is 13.1 Å². The van der Waals surface area contributed by atoms with Crippen LogP contribution in [-0.2, 0) is 17.8 Å². The molecule has 3 heterocycles. The van der Waals surface area contributed by atoms with Crippen molar-refractivity contribution in [2.45, 2.75) is 32.0 Å². The second-order valence-corrected chi connectivity index (χ2v) is 6.29. The van der Waals surface area contributed by atoms with E-state index in [-0.39, 0.29) is 6.10 Å². The molecule has 0 aromatic carbocycles. The third-order valence-corrected chi connectivity index (χ3v) is 4.39. The molecule has 6 heteroatoms. The Hall–Kier alpha value is -2.05. The van der Waals surface area contributed by atoms with E-state index in [9.17, 15) is 0 Å². The molecule has 1 aliphatic rings. The smallest absolute Gasteiger partial charge is 0.169 e. The van der Waals surface area contributed by atoms with Gasteiger partial charge in [0.25, 0.3) is 0 Å². The van der Waals surface area contributed by atoms with Crippen LogP contribution in [0, 0.1) is 0 Å². The number of rotatable bonds is 6. The maximum atomic E-state index is 5.66. The first-order valence-electron chi connectivity index (χ1n) is 8.23. The molecule has 0 aliphatic carbocycles. The van der Waals surface area contributed by atoms with Gasteiger partial charge in [-0.2, -0.15) is 0 Å². The summed E-state index contributed by atoms with van der Waals surface area (Å²) in [6.45, 7) is 3.03. The first-order valence-corrected chi connectivity index (χ1v) is 8.64. The van der Waals surface area contributed by atoms with Gasteiger partial charge in [0.15, 0.2) is 5.11 Å². The van der Waals surface area contributed by atoms with Crippen molar-refractivity contribution in [2.24, 2.45) is 0 Å². The molecule has 1 aliphatic heterocycles. The molecule has 24 heavy (non-hydrogen) atoms. The van der Waals surface area contributed by atoms with Crippen LogP contribution < -0.4 is 5.32 Å². The van der Waals surface area contributed by atoms with E-state index in [0.717, 1.165) is 42.2 Å². The molecule has 1 saturated heterocycles.